The maximum atomic E-state index is 14.0. The number of ether oxygens (including phenoxy) is 2. The maximum Gasteiger partial charge on any atom is 0.332 e. The Labute approximate surface area is 189 Å². The molecule has 0 saturated heterocycles. The fourth-order valence-electron chi connectivity index (χ4n) is 3.52. The molecule has 2 aliphatic rings. The first-order valence-electron chi connectivity index (χ1n) is 9.84. The minimum atomic E-state index is -4.18. The van der Waals surface area contributed by atoms with Crippen LogP contribution in [0.1, 0.15) is 0 Å². The number of rotatable bonds is 4. The molecule has 8 nitrogen and oxygen atoms in total. The monoisotopic (exact) mass is 464 g/mol. The molecule has 0 atom stereocenters. The summed E-state index contributed by atoms with van der Waals surface area (Å²) in [7, 11) is -1.70. The summed E-state index contributed by atoms with van der Waals surface area (Å²) in [4.78, 5) is 23.6. The molecule has 168 valence electrons. The lowest BCUT2D eigenvalue weighted by atomic mass is 10.1. The highest BCUT2D eigenvalue weighted by atomic mass is 32.2. The summed E-state index contributed by atoms with van der Waals surface area (Å²) in [5.74, 6) is -1.26. The third-order valence-corrected chi connectivity index (χ3v) is 6.75. The number of carbonyl (C=O) groups is 2. The smallest absolute Gasteiger partial charge is 0.332 e. The zero-order chi connectivity index (χ0) is 23.6. The van der Waals surface area contributed by atoms with Crippen LogP contribution in [0.25, 0.3) is 22.2 Å². The zero-order valence-electron chi connectivity index (χ0n) is 17.8. The Morgan fingerprint density at radius 2 is 1.12 bits per heavy atom. The van der Waals surface area contributed by atoms with Gasteiger partial charge < -0.3 is 20.1 Å². The predicted molar refractivity (Wildman–Crippen MR) is 123 cm³/mol. The van der Waals surface area contributed by atoms with Gasteiger partial charge in [-0.3, -0.25) is 0 Å². The van der Waals surface area contributed by atoms with E-state index in [0.717, 1.165) is 0 Å². The average molecular weight is 464 g/mol. The first kappa shape index (κ1) is 22.1. The van der Waals surface area contributed by atoms with E-state index in [9.17, 15) is 18.0 Å². The Morgan fingerprint density at radius 1 is 0.727 bits per heavy atom. The van der Waals surface area contributed by atoms with Crippen molar-refractivity contribution in [3.05, 3.63) is 93.0 Å². The summed E-state index contributed by atoms with van der Waals surface area (Å²) < 4.78 is 37.3. The van der Waals surface area contributed by atoms with Crippen molar-refractivity contribution in [3.63, 3.8) is 0 Å². The van der Waals surface area contributed by atoms with Crippen molar-refractivity contribution in [1.29, 1.82) is 0 Å². The molecule has 2 aromatic carbocycles. The van der Waals surface area contributed by atoms with Crippen LogP contribution in [0.15, 0.2) is 72.1 Å². The Kier molecular flexibility index (Phi) is 5.89. The number of methoxy groups -OCH3 is 2. The molecule has 0 amide bonds. The van der Waals surface area contributed by atoms with Crippen molar-refractivity contribution < 1.29 is 27.5 Å². The second kappa shape index (κ2) is 8.79. The number of sulfone groups is 1. The molecule has 0 fully saturated rings. The Balaban J connectivity index is 1.98. The summed E-state index contributed by atoms with van der Waals surface area (Å²) in [6.07, 6.45) is 5.67. The summed E-state index contributed by atoms with van der Waals surface area (Å²) in [5.41, 5.74) is 0.529. The van der Waals surface area contributed by atoms with Crippen molar-refractivity contribution in [1.82, 2.24) is 10.6 Å². The quantitative estimate of drug-likeness (QED) is 0.430. The van der Waals surface area contributed by atoms with Gasteiger partial charge in [-0.1, -0.05) is 48.5 Å². The molecule has 0 unspecified atom stereocenters. The van der Waals surface area contributed by atoms with Crippen molar-refractivity contribution in [3.8, 4) is 0 Å². The van der Waals surface area contributed by atoms with Crippen molar-refractivity contribution in [2.24, 2.45) is 0 Å². The van der Waals surface area contributed by atoms with Crippen LogP contribution in [0.3, 0.4) is 0 Å². The van der Waals surface area contributed by atoms with Crippen LogP contribution < -0.4 is 31.5 Å². The number of benzene rings is 2. The van der Waals surface area contributed by atoms with Gasteiger partial charge in [0.05, 0.1) is 14.2 Å². The lowest BCUT2D eigenvalue weighted by Crippen LogP contribution is -2.44. The lowest BCUT2D eigenvalue weighted by Gasteiger charge is -2.21. The Morgan fingerprint density at radius 3 is 1.52 bits per heavy atom. The summed E-state index contributed by atoms with van der Waals surface area (Å²) >= 11 is 0. The number of hydrogen-bond donors (Lipinski definition) is 2. The van der Waals surface area contributed by atoms with Crippen LogP contribution in [-0.2, 0) is 28.9 Å². The molecule has 2 aromatic rings. The molecule has 0 saturated carbocycles. The average Bonchev–Trinajstić information content (AvgIpc) is 2.82. The Bertz CT molecular complexity index is 1470. The minimum absolute atomic E-state index is 0.104. The molecular formula is C24H20N2O6S. The number of fused-ring (bicyclic) bond motifs is 2. The molecule has 0 bridgehead atoms. The van der Waals surface area contributed by atoms with Crippen LogP contribution in [0.2, 0.25) is 0 Å². The van der Waals surface area contributed by atoms with Gasteiger partial charge >= 0.3 is 11.9 Å². The van der Waals surface area contributed by atoms with E-state index in [1.54, 1.807) is 60.7 Å². The zero-order valence-corrected chi connectivity index (χ0v) is 18.6. The van der Waals surface area contributed by atoms with Crippen LogP contribution in [0.4, 0.5) is 0 Å². The van der Waals surface area contributed by atoms with E-state index in [2.05, 4.69) is 20.1 Å². The number of hydrogen-bond acceptors (Lipinski definition) is 8. The normalized spacial score (nSPS) is 17.0. The fourth-order valence-corrected chi connectivity index (χ4v) is 5.18. The van der Waals surface area contributed by atoms with Gasteiger partial charge in [-0.05, 0) is 22.6 Å². The minimum Gasteiger partial charge on any atom is -0.466 e. The standard InChI is InChI=1S/C24H20N2O6S/c1-31-21(27)13-17-11-15-7-3-5-9-19(15)23(25-17)33(29,30)24-20-10-6-4-8-16(20)12-18(26-24)14-22(28)32-2/h3-14,25-26H,1-2H3. The van der Waals surface area contributed by atoms with E-state index in [0.29, 0.717) is 20.9 Å². The van der Waals surface area contributed by atoms with Gasteiger partial charge in [0.2, 0.25) is 9.84 Å². The molecular weight excluding hydrogens is 444 g/mol. The van der Waals surface area contributed by atoms with Crippen LogP contribution >= 0.6 is 0 Å². The third kappa shape index (κ3) is 4.31. The largest absolute Gasteiger partial charge is 0.466 e. The predicted octanol–water partition coefficient (Wildman–Crippen LogP) is -1.19. The number of nitrogens with one attached hydrogen (secondary N) is 2. The first-order chi connectivity index (χ1) is 15.8. The maximum absolute atomic E-state index is 14.0. The van der Waals surface area contributed by atoms with Gasteiger partial charge in [0, 0.05) is 34.0 Å². The molecule has 0 spiro atoms. The van der Waals surface area contributed by atoms with Crippen LogP contribution in [-0.4, -0.2) is 34.6 Å². The first-order valence-corrected chi connectivity index (χ1v) is 11.3. The Hall–Kier alpha value is -4.11. The van der Waals surface area contributed by atoms with Gasteiger partial charge in [0.25, 0.3) is 0 Å². The molecule has 0 aromatic heterocycles. The molecule has 33 heavy (non-hydrogen) atoms. The number of carbonyl (C=O) groups excluding carboxylic acids is 2. The molecule has 2 aliphatic heterocycles. The summed E-state index contributed by atoms with van der Waals surface area (Å²) in [5, 5.41) is 7.64. The molecule has 0 radical (unpaired) electrons. The number of allylic oxidation sites excluding steroid dienone is 2. The summed E-state index contributed by atoms with van der Waals surface area (Å²) in [6.45, 7) is 0. The second-order valence-electron chi connectivity index (χ2n) is 7.12. The fraction of sp³-hybridized carbons (Fsp3) is 0.0833. The molecule has 2 heterocycles. The van der Waals surface area contributed by atoms with E-state index < -0.39 is 21.8 Å². The van der Waals surface area contributed by atoms with E-state index >= 15 is 0 Å². The molecule has 4 rings (SSSR count). The van der Waals surface area contributed by atoms with Crippen molar-refractivity contribution >= 4 is 44.0 Å². The molecule has 9 heteroatoms. The highest BCUT2D eigenvalue weighted by molar-refractivity contribution is 8.08. The highest BCUT2D eigenvalue weighted by Crippen LogP contribution is 2.19. The van der Waals surface area contributed by atoms with Crippen molar-refractivity contribution in [2.45, 2.75) is 0 Å². The summed E-state index contributed by atoms with van der Waals surface area (Å²) in [6, 6.07) is 13.8. The van der Waals surface area contributed by atoms with Gasteiger partial charge in [0.1, 0.15) is 10.1 Å². The highest BCUT2D eigenvalue weighted by Gasteiger charge is 2.29. The van der Waals surface area contributed by atoms with Gasteiger partial charge in [-0.2, -0.15) is 0 Å². The molecule has 0 aliphatic carbocycles. The SMILES string of the molecule is COC(=O)C=C1C=c2ccccc2=C(S(=O)(=O)C2=c3ccccc3=CC(=CC(=O)OC)N2)N1. The number of esters is 2. The van der Waals surface area contributed by atoms with E-state index in [1.807, 2.05) is 0 Å². The second-order valence-corrected chi connectivity index (χ2v) is 8.94. The van der Waals surface area contributed by atoms with E-state index in [-0.39, 0.29) is 21.5 Å². The third-order valence-electron chi connectivity index (χ3n) is 5.04. The van der Waals surface area contributed by atoms with Gasteiger partial charge in [-0.25, -0.2) is 18.0 Å². The van der Waals surface area contributed by atoms with Crippen LogP contribution in [0.5, 0.6) is 0 Å². The van der Waals surface area contributed by atoms with Gasteiger partial charge in [0.15, 0.2) is 0 Å². The van der Waals surface area contributed by atoms with Crippen LogP contribution in [0, 0.1) is 0 Å². The van der Waals surface area contributed by atoms with Gasteiger partial charge in [-0.15, -0.1) is 0 Å². The van der Waals surface area contributed by atoms with E-state index in [4.69, 9.17) is 0 Å². The van der Waals surface area contributed by atoms with Crippen molar-refractivity contribution in [2.75, 3.05) is 14.2 Å². The molecule has 2 N–H and O–H groups in total. The topological polar surface area (TPSA) is 111 Å². The van der Waals surface area contributed by atoms with E-state index in [1.165, 1.54) is 26.4 Å². The lowest BCUT2D eigenvalue weighted by molar-refractivity contribution is -0.135.